The zero-order chi connectivity index (χ0) is 10.7. The summed E-state index contributed by atoms with van der Waals surface area (Å²) in [5.74, 6) is -0.802. The van der Waals surface area contributed by atoms with Gasteiger partial charge in [0.2, 0.25) is 0 Å². The highest BCUT2D eigenvalue weighted by Crippen LogP contribution is 2.28. The van der Waals surface area contributed by atoms with Crippen molar-refractivity contribution >= 4 is 37.8 Å². The van der Waals surface area contributed by atoms with Crippen molar-refractivity contribution in [3.8, 4) is 0 Å². The first kappa shape index (κ1) is 11.7. The number of ether oxygens (including phenoxy) is 1. The predicted octanol–water partition coefficient (Wildman–Crippen LogP) is 3.07. The lowest BCUT2D eigenvalue weighted by Crippen LogP contribution is -2.06. The van der Waals surface area contributed by atoms with E-state index >= 15 is 0 Å². The number of carbonyl (C=O) groups excluding carboxylic acids is 1. The number of benzene rings is 1. The van der Waals surface area contributed by atoms with Crippen LogP contribution in [0.3, 0.4) is 0 Å². The molecule has 0 atom stereocenters. The number of halogens is 3. The van der Waals surface area contributed by atoms with E-state index in [0.29, 0.717) is 10.0 Å². The molecule has 0 radical (unpaired) electrons. The molecule has 1 aromatic carbocycles. The predicted molar refractivity (Wildman–Crippen MR) is 57.5 cm³/mol. The van der Waals surface area contributed by atoms with Crippen LogP contribution < -0.4 is 0 Å². The fourth-order valence-corrected chi connectivity index (χ4v) is 2.17. The Hall–Kier alpha value is -0.420. The van der Waals surface area contributed by atoms with Crippen molar-refractivity contribution in [2.75, 3.05) is 7.11 Å². The average Bonchev–Trinajstić information content (AvgIpc) is 2.18. The van der Waals surface area contributed by atoms with E-state index in [9.17, 15) is 9.18 Å². The Labute approximate surface area is 97.7 Å². The van der Waals surface area contributed by atoms with Crippen LogP contribution in [0.15, 0.2) is 21.1 Å². The van der Waals surface area contributed by atoms with E-state index < -0.39 is 11.8 Å². The minimum atomic E-state index is -0.406. The molecule has 0 heterocycles. The molecule has 2 nitrogen and oxygen atoms in total. The number of methoxy groups -OCH3 is 1. The molecule has 0 fully saturated rings. The largest absolute Gasteiger partial charge is 0.469 e. The highest BCUT2D eigenvalue weighted by atomic mass is 79.9. The average molecular weight is 326 g/mol. The topological polar surface area (TPSA) is 26.3 Å². The maximum Gasteiger partial charge on any atom is 0.310 e. The monoisotopic (exact) mass is 324 g/mol. The highest BCUT2D eigenvalue weighted by Gasteiger charge is 2.13. The summed E-state index contributed by atoms with van der Waals surface area (Å²) in [6, 6.07) is 2.87. The van der Waals surface area contributed by atoms with Crippen LogP contribution in [0.1, 0.15) is 5.56 Å². The smallest absolute Gasteiger partial charge is 0.310 e. The van der Waals surface area contributed by atoms with Gasteiger partial charge >= 0.3 is 5.97 Å². The minimum Gasteiger partial charge on any atom is -0.469 e. The van der Waals surface area contributed by atoms with E-state index in [2.05, 4.69) is 36.6 Å². The zero-order valence-corrected chi connectivity index (χ0v) is 10.5. The molecule has 0 spiro atoms. The van der Waals surface area contributed by atoms with Crippen molar-refractivity contribution in [1.29, 1.82) is 0 Å². The van der Waals surface area contributed by atoms with E-state index in [1.807, 2.05) is 0 Å². The van der Waals surface area contributed by atoms with Crippen molar-refractivity contribution in [1.82, 2.24) is 0 Å². The molecule has 0 bridgehead atoms. The number of esters is 1. The summed E-state index contributed by atoms with van der Waals surface area (Å²) in [5, 5.41) is 0. The molecule has 0 saturated heterocycles. The Morgan fingerprint density at radius 2 is 2.14 bits per heavy atom. The van der Waals surface area contributed by atoms with Gasteiger partial charge in [-0.05, 0) is 33.6 Å². The van der Waals surface area contributed by atoms with Crippen LogP contribution in [0, 0.1) is 5.82 Å². The Balaban J connectivity index is 3.06. The number of carbonyl (C=O) groups is 1. The third-order valence-electron chi connectivity index (χ3n) is 1.69. The minimum absolute atomic E-state index is 0.0371. The molecule has 0 aromatic heterocycles. The number of hydrogen-bond donors (Lipinski definition) is 0. The van der Waals surface area contributed by atoms with Gasteiger partial charge in [-0.3, -0.25) is 4.79 Å². The van der Waals surface area contributed by atoms with Crippen molar-refractivity contribution in [3.63, 3.8) is 0 Å². The molecular weight excluding hydrogens is 319 g/mol. The van der Waals surface area contributed by atoms with Crippen LogP contribution in [0.2, 0.25) is 0 Å². The maximum atomic E-state index is 13.1. The molecule has 76 valence electrons. The van der Waals surface area contributed by atoms with Crippen molar-refractivity contribution in [2.45, 2.75) is 6.42 Å². The Morgan fingerprint density at radius 3 is 2.71 bits per heavy atom. The lowest BCUT2D eigenvalue weighted by atomic mass is 10.1. The third-order valence-corrected chi connectivity index (χ3v) is 3.29. The van der Waals surface area contributed by atoms with Crippen LogP contribution in [0.4, 0.5) is 4.39 Å². The highest BCUT2D eigenvalue weighted by molar-refractivity contribution is 9.11. The first-order chi connectivity index (χ1) is 6.56. The quantitative estimate of drug-likeness (QED) is 0.617. The van der Waals surface area contributed by atoms with E-state index in [0.717, 1.165) is 0 Å². The Bertz CT molecular complexity index is 366. The summed E-state index contributed by atoms with van der Waals surface area (Å²) in [6.45, 7) is 0. The number of hydrogen-bond acceptors (Lipinski definition) is 2. The second kappa shape index (κ2) is 4.89. The summed E-state index contributed by atoms with van der Waals surface area (Å²) in [6.07, 6.45) is 0.0371. The zero-order valence-electron chi connectivity index (χ0n) is 7.31. The molecule has 14 heavy (non-hydrogen) atoms. The molecule has 0 unspecified atom stereocenters. The summed E-state index contributed by atoms with van der Waals surface area (Å²) < 4.78 is 18.6. The van der Waals surface area contributed by atoms with Gasteiger partial charge in [0.25, 0.3) is 0 Å². The lowest BCUT2D eigenvalue weighted by molar-refractivity contribution is -0.139. The maximum absolute atomic E-state index is 13.1. The van der Waals surface area contributed by atoms with Crippen molar-refractivity contribution < 1.29 is 13.9 Å². The molecule has 1 rings (SSSR count). The van der Waals surface area contributed by atoms with Gasteiger partial charge in [-0.2, -0.15) is 0 Å². The van der Waals surface area contributed by atoms with Gasteiger partial charge < -0.3 is 4.74 Å². The first-order valence-corrected chi connectivity index (χ1v) is 5.34. The second-order valence-corrected chi connectivity index (χ2v) is 4.22. The normalized spacial score (nSPS) is 10.0. The standard InChI is InChI=1S/C9H7Br2FO2/c1-14-8(13)4-5-6(10)2-3-7(12)9(5)11/h2-3H,4H2,1H3. The van der Waals surface area contributed by atoms with Gasteiger partial charge in [0.1, 0.15) is 5.82 Å². The Morgan fingerprint density at radius 1 is 1.50 bits per heavy atom. The molecule has 0 aliphatic rings. The molecule has 1 aromatic rings. The molecule has 5 heteroatoms. The summed E-state index contributed by atoms with van der Waals surface area (Å²) >= 11 is 6.31. The van der Waals surface area contributed by atoms with Crippen LogP contribution in [0.25, 0.3) is 0 Å². The van der Waals surface area contributed by atoms with Crippen LogP contribution in [-0.4, -0.2) is 13.1 Å². The van der Waals surface area contributed by atoms with Gasteiger partial charge in [-0.15, -0.1) is 0 Å². The van der Waals surface area contributed by atoms with E-state index in [4.69, 9.17) is 0 Å². The third kappa shape index (κ3) is 2.54. The van der Waals surface area contributed by atoms with Gasteiger partial charge in [0, 0.05) is 4.47 Å². The lowest BCUT2D eigenvalue weighted by Gasteiger charge is -2.06. The molecule has 0 aliphatic heterocycles. The van der Waals surface area contributed by atoms with Crippen LogP contribution >= 0.6 is 31.9 Å². The molecular formula is C9H7Br2FO2. The van der Waals surface area contributed by atoms with E-state index in [1.165, 1.54) is 13.2 Å². The first-order valence-electron chi connectivity index (χ1n) is 3.75. The van der Waals surface area contributed by atoms with Crippen molar-refractivity contribution in [3.05, 3.63) is 32.5 Å². The second-order valence-electron chi connectivity index (χ2n) is 2.57. The van der Waals surface area contributed by atoms with Crippen LogP contribution in [-0.2, 0) is 16.0 Å². The van der Waals surface area contributed by atoms with E-state index in [-0.39, 0.29) is 10.9 Å². The Kier molecular flexibility index (Phi) is 4.07. The van der Waals surface area contributed by atoms with Crippen LogP contribution in [0.5, 0.6) is 0 Å². The fourth-order valence-electron chi connectivity index (χ4n) is 0.948. The summed E-state index contributed by atoms with van der Waals surface area (Å²) in [5.41, 5.74) is 0.553. The fraction of sp³-hybridized carbons (Fsp3) is 0.222. The molecule has 0 N–H and O–H groups in total. The van der Waals surface area contributed by atoms with E-state index in [1.54, 1.807) is 6.07 Å². The molecule has 0 aliphatic carbocycles. The van der Waals surface area contributed by atoms with Gasteiger partial charge in [0.15, 0.2) is 0 Å². The molecule has 0 saturated carbocycles. The summed E-state index contributed by atoms with van der Waals surface area (Å²) in [4.78, 5) is 11.0. The molecule has 0 amide bonds. The van der Waals surface area contributed by atoms with Crippen molar-refractivity contribution in [2.24, 2.45) is 0 Å². The van der Waals surface area contributed by atoms with Gasteiger partial charge in [0.05, 0.1) is 18.0 Å². The SMILES string of the molecule is COC(=O)Cc1c(Br)ccc(F)c1Br. The van der Waals surface area contributed by atoms with Gasteiger partial charge in [-0.25, -0.2) is 4.39 Å². The number of rotatable bonds is 2. The van der Waals surface area contributed by atoms with Gasteiger partial charge in [-0.1, -0.05) is 15.9 Å². The summed E-state index contributed by atoms with van der Waals surface area (Å²) in [7, 11) is 1.30.